The van der Waals surface area contributed by atoms with E-state index in [2.05, 4.69) is 24.2 Å². The van der Waals surface area contributed by atoms with Gasteiger partial charge in [0.15, 0.2) is 0 Å². The fourth-order valence-electron chi connectivity index (χ4n) is 1.67. The van der Waals surface area contributed by atoms with E-state index in [1.165, 1.54) is 11.1 Å². The molecule has 92 valence electrons. The van der Waals surface area contributed by atoms with Crippen LogP contribution in [0.2, 0.25) is 0 Å². The molecular weight excluding hydrogens is 224 g/mol. The fourth-order valence-corrected chi connectivity index (χ4v) is 1.67. The number of benzene rings is 2. The lowest BCUT2D eigenvalue weighted by molar-refractivity contribution is 0.305. The Morgan fingerprint density at radius 2 is 1.83 bits per heavy atom. The highest BCUT2D eigenvalue weighted by Crippen LogP contribution is 2.15. The van der Waals surface area contributed by atoms with E-state index in [4.69, 9.17) is 10.6 Å². The number of ether oxygens (including phenoxy) is 1. The standard InChI is InChI=1S/C15H16N2O/c1-12-4-2-3-5-14(12)11-18-15-8-6-13(7-9-15)10-17-16/h2-10H,11,16H2,1H3. The molecule has 3 heteroatoms. The van der Waals surface area contributed by atoms with Crippen molar-refractivity contribution in [3.05, 3.63) is 65.2 Å². The molecule has 0 atom stereocenters. The van der Waals surface area contributed by atoms with Crippen LogP contribution in [0, 0.1) is 6.92 Å². The Balaban J connectivity index is 2.00. The van der Waals surface area contributed by atoms with Gasteiger partial charge in [0, 0.05) is 0 Å². The summed E-state index contributed by atoms with van der Waals surface area (Å²) in [4.78, 5) is 0. The quantitative estimate of drug-likeness (QED) is 0.507. The monoisotopic (exact) mass is 240 g/mol. The molecule has 18 heavy (non-hydrogen) atoms. The van der Waals surface area contributed by atoms with Crippen molar-refractivity contribution in [3.8, 4) is 5.75 Å². The molecule has 3 nitrogen and oxygen atoms in total. The molecule has 0 spiro atoms. The zero-order chi connectivity index (χ0) is 12.8. The Kier molecular flexibility index (Phi) is 3.97. The lowest BCUT2D eigenvalue weighted by Gasteiger charge is -2.08. The summed E-state index contributed by atoms with van der Waals surface area (Å²) < 4.78 is 5.73. The molecule has 2 N–H and O–H groups in total. The third-order valence-electron chi connectivity index (χ3n) is 2.76. The normalized spacial score (nSPS) is 10.7. The SMILES string of the molecule is Cc1ccccc1COc1ccc(C=NN)cc1. The summed E-state index contributed by atoms with van der Waals surface area (Å²) in [6, 6.07) is 15.9. The molecule has 2 aromatic rings. The average molecular weight is 240 g/mol. The summed E-state index contributed by atoms with van der Waals surface area (Å²) in [6.07, 6.45) is 1.60. The average Bonchev–Trinajstić information content (AvgIpc) is 2.40. The maximum absolute atomic E-state index is 5.73. The van der Waals surface area contributed by atoms with Crippen LogP contribution in [0.25, 0.3) is 0 Å². The molecule has 0 fully saturated rings. The van der Waals surface area contributed by atoms with Gasteiger partial charge < -0.3 is 10.6 Å². The predicted octanol–water partition coefficient (Wildman–Crippen LogP) is 2.87. The van der Waals surface area contributed by atoms with Crippen LogP contribution in [-0.2, 0) is 6.61 Å². The first kappa shape index (κ1) is 12.2. The molecule has 0 saturated heterocycles. The van der Waals surface area contributed by atoms with Crippen LogP contribution >= 0.6 is 0 Å². The van der Waals surface area contributed by atoms with Gasteiger partial charge in [-0.1, -0.05) is 24.3 Å². The van der Waals surface area contributed by atoms with Crippen molar-refractivity contribution in [3.63, 3.8) is 0 Å². The van der Waals surface area contributed by atoms with Gasteiger partial charge >= 0.3 is 0 Å². The van der Waals surface area contributed by atoms with Crippen LogP contribution < -0.4 is 10.6 Å². The van der Waals surface area contributed by atoms with Crippen molar-refractivity contribution in [2.45, 2.75) is 13.5 Å². The van der Waals surface area contributed by atoms with Crippen LogP contribution in [0.4, 0.5) is 0 Å². The number of nitrogens with two attached hydrogens (primary N) is 1. The highest BCUT2D eigenvalue weighted by molar-refractivity contribution is 5.79. The second kappa shape index (κ2) is 5.87. The van der Waals surface area contributed by atoms with E-state index < -0.39 is 0 Å². The van der Waals surface area contributed by atoms with Gasteiger partial charge in [-0.05, 0) is 47.9 Å². The predicted molar refractivity (Wildman–Crippen MR) is 73.7 cm³/mol. The number of rotatable bonds is 4. The molecule has 0 radical (unpaired) electrons. The molecule has 0 saturated carbocycles. The van der Waals surface area contributed by atoms with E-state index in [-0.39, 0.29) is 0 Å². The van der Waals surface area contributed by atoms with Crippen molar-refractivity contribution in [2.24, 2.45) is 10.9 Å². The van der Waals surface area contributed by atoms with Gasteiger partial charge in [-0.15, -0.1) is 0 Å². The van der Waals surface area contributed by atoms with Gasteiger partial charge in [-0.25, -0.2) is 0 Å². The van der Waals surface area contributed by atoms with E-state index >= 15 is 0 Å². The van der Waals surface area contributed by atoms with Crippen LogP contribution in [0.1, 0.15) is 16.7 Å². The van der Waals surface area contributed by atoms with Gasteiger partial charge in [0.2, 0.25) is 0 Å². The zero-order valence-corrected chi connectivity index (χ0v) is 10.3. The fraction of sp³-hybridized carbons (Fsp3) is 0.133. The van der Waals surface area contributed by atoms with Gasteiger partial charge in [0.25, 0.3) is 0 Å². The van der Waals surface area contributed by atoms with Crippen LogP contribution in [-0.4, -0.2) is 6.21 Å². The topological polar surface area (TPSA) is 47.6 Å². The summed E-state index contributed by atoms with van der Waals surface area (Å²) in [6.45, 7) is 2.66. The van der Waals surface area contributed by atoms with Crippen LogP contribution in [0.15, 0.2) is 53.6 Å². The molecule has 0 unspecified atom stereocenters. The van der Waals surface area contributed by atoms with Crippen LogP contribution in [0.3, 0.4) is 0 Å². The summed E-state index contributed by atoms with van der Waals surface area (Å²) in [5.74, 6) is 5.93. The Labute approximate surface area is 107 Å². The summed E-state index contributed by atoms with van der Waals surface area (Å²) in [7, 11) is 0. The molecule has 0 aliphatic rings. The smallest absolute Gasteiger partial charge is 0.119 e. The number of nitrogens with zero attached hydrogens (tertiary/aromatic N) is 1. The first-order valence-corrected chi connectivity index (χ1v) is 5.80. The molecule has 2 rings (SSSR count). The van der Waals surface area contributed by atoms with E-state index in [0.29, 0.717) is 6.61 Å². The number of hydrogen-bond donors (Lipinski definition) is 1. The maximum atomic E-state index is 5.73. The highest BCUT2D eigenvalue weighted by Gasteiger charge is 1.98. The minimum atomic E-state index is 0.580. The van der Waals surface area contributed by atoms with Crippen LogP contribution in [0.5, 0.6) is 5.75 Å². The second-order valence-corrected chi connectivity index (χ2v) is 4.06. The lowest BCUT2D eigenvalue weighted by atomic mass is 10.1. The molecule has 0 aromatic heterocycles. The third-order valence-corrected chi connectivity index (χ3v) is 2.76. The van der Waals surface area contributed by atoms with Gasteiger partial charge in [-0.3, -0.25) is 0 Å². The molecule has 0 aliphatic heterocycles. The summed E-state index contributed by atoms with van der Waals surface area (Å²) >= 11 is 0. The van der Waals surface area contributed by atoms with Gasteiger partial charge in [-0.2, -0.15) is 5.10 Å². The van der Waals surface area contributed by atoms with Crippen molar-refractivity contribution >= 4 is 6.21 Å². The lowest BCUT2D eigenvalue weighted by Crippen LogP contribution is -1.97. The van der Waals surface area contributed by atoms with Gasteiger partial charge in [0.05, 0.1) is 6.21 Å². The summed E-state index contributed by atoms with van der Waals surface area (Å²) in [5.41, 5.74) is 3.40. The van der Waals surface area contributed by atoms with Crippen molar-refractivity contribution in [2.75, 3.05) is 0 Å². The Bertz CT molecular complexity index is 532. The Morgan fingerprint density at radius 3 is 2.50 bits per heavy atom. The van der Waals surface area contributed by atoms with E-state index in [0.717, 1.165) is 11.3 Å². The summed E-state index contributed by atoms with van der Waals surface area (Å²) in [5, 5.41) is 3.47. The van der Waals surface area contributed by atoms with Gasteiger partial charge in [0.1, 0.15) is 12.4 Å². The first-order valence-electron chi connectivity index (χ1n) is 5.80. The van der Waals surface area contributed by atoms with E-state index in [9.17, 15) is 0 Å². The highest BCUT2D eigenvalue weighted by atomic mass is 16.5. The van der Waals surface area contributed by atoms with E-state index in [1.807, 2.05) is 36.4 Å². The van der Waals surface area contributed by atoms with E-state index in [1.54, 1.807) is 6.21 Å². The number of hydrogen-bond acceptors (Lipinski definition) is 3. The molecular formula is C15H16N2O. The minimum Gasteiger partial charge on any atom is -0.489 e. The Morgan fingerprint density at radius 1 is 1.11 bits per heavy atom. The largest absolute Gasteiger partial charge is 0.489 e. The molecule has 0 bridgehead atoms. The molecule has 0 amide bonds. The second-order valence-electron chi connectivity index (χ2n) is 4.06. The van der Waals surface area contributed by atoms with Crippen molar-refractivity contribution in [1.29, 1.82) is 0 Å². The van der Waals surface area contributed by atoms with Crippen molar-refractivity contribution < 1.29 is 4.74 Å². The number of aryl methyl sites for hydroxylation is 1. The Hall–Kier alpha value is -2.29. The maximum Gasteiger partial charge on any atom is 0.119 e. The zero-order valence-electron chi connectivity index (χ0n) is 10.3. The molecule has 0 aliphatic carbocycles. The molecule has 0 heterocycles. The van der Waals surface area contributed by atoms with Crippen molar-refractivity contribution in [1.82, 2.24) is 0 Å². The number of hydrazone groups is 1. The first-order chi connectivity index (χ1) is 8.79. The molecule has 2 aromatic carbocycles. The third kappa shape index (κ3) is 3.10. The minimum absolute atomic E-state index is 0.580.